The monoisotopic (exact) mass is 383 g/mol. The molecule has 7 heteroatoms. The highest BCUT2D eigenvalue weighted by molar-refractivity contribution is 5.77. The average Bonchev–Trinajstić information content (AvgIpc) is 2.93. The van der Waals surface area contributed by atoms with Crippen LogP contribution in [-0.2, 0) is 20.9 Å². The van der Waals surface area contributed by atoms with Gasteiger partial charge in [0.15, 0.2) is 6.61 Å². The van der Waals surface area contributed by atoms with Gasteiger partial charge in [0, 0.05) is 42.4 Å². The predicted molar refractivity (Wildman–Crippen MR) is 105 cm³/mol. The second-order valence-electron chi connectivity index (χ2n) is 6.77. The van der Waals surface area contributed by atoms with Gasteiger partial charge in [0.05, 0.1) is 6.61 Å². The van der Waals surface area contributed by atoms with E-state index in [2.05, 4.69) is 28.9 Å². The lowest BCUT2D eigenvalue weighted by Crippen LogP contribution is -2.32. The summed E-state index contributed by atoms with van der Waals surface area (Å²) in [5.41, 5.74) is 8.42. The van der Waals surface area contributed by atoms with E-state index in [0.717, 1.165) is 16.8 Å². The molecule has 0 saturated heterocycles. The lowest BCUT2D eigenvalue weighted by molar-refractivity contribution is -0.145. The van der Waals surface area contributed by atoms with Crippen molar-refractivity contribution in [2.24, 2.45) is 5.73 Å². The van der Waals surface area contributed by atoms with Crippen LogP contribution in [0.1, 0.15) is 37.3 Å². The first kappa shape index (κ1) is 19.7. The molecule has 1 amide bonds. The number of nitrogens with two attached hydrogens (primary N) is 1. The second-order valence-corrected chi connectivity index (χ2v) is 6.77. The van der Waals surface area contributed by atoms with Crippen LogP contribution in [0.25, 0.3) is 0 Å². The molecule has 1 aliphatic heterocycles. The summed E-state index contributed by atoms with van der Waals surface area (Å²) in [4.78, 5) is 29.9. The minimum atomic E-state index is -0.458. The van der Waals surface area contributed by atoms with Crippen molar-refractivity contribution in [2.75, 3.05) is 18.1 Å². The van der Waals surface area contributed by atoms with Crippen molar-refractivity contribution >= 4 is 17.6 Å². The van der Waals surface area contributed by atoms with Crippen LogP contribution in [0.3, 0.4) is 0 Å². The van der Waals surface area contributed by atoms with Crippen molar-refractivity contribution in [1.29, 1.82) is 0 Å². The van der Waals surface area contributed by atoms with E-state index in [0.29, 0.717) is 12.4 Å². The molecule has 7 nitrogen and oxygen atoms in total. The van der Waals surface area contributed by atoms with Crippen LogP contribution in [0.2, 0.25) is 0 Å². The van der Waals surface area contributed by atoms with Crippen LogP contribution < -0.4 is 15.4 Å². The number of ether oxygens (including phenoxy) is 2. The van der Waals surface area contributed by atoms with Crippen molar-refractivity contribution in [3.63, 3.8) is 0 Å². The van der Waals surface area contributed by atoms with Gasteiger partial charge in [-0.3, -0.25) is 4.79 Å². The second kappa shape index (κ2) is 8.73. The van der Waals surface area contributed by atoms with Gasteiger partial charge < -0.3 is 20.1 Å². The number of fused-ring (bicyclic) bond motifs is 1. The molecular formula is C21H25N3O4. The molecule has 1 aliphatic rings. The zero-order valence-electron chi connectivity index (χ0n) is 16.1. The van der Waals surface area contributed by atoms with E-state index in [1.165, 1.54) is 0 Å². The number of rotatable bonds is 8. The molecule has 3 rings (SSSR count). The predicted octanol–water partition coefficient (Wildman–Crippen LogP) is 2.39. The maximum absolute atomic E-state index is 11.7. The Balaban J connectivity index is 1.92. The van der Waals surface area contributed by atoms with E-state index in [-0.39, 0.29) is 37.5 Å². The van der Waals surface area contributed by atoms with E-state index in [1.807, 2.05) is 24.3 Å². The Bertz CT molecular complexity index is 841. The Morgan fingerprint density at radius 3 is 2.64 bits per heavy atom. The maximum atomic E-state index is 11.7. The van der Waals surface area contributed by atoms with Crippen molar-refractivity contribution in [3.8, 4) is 5.88 Å². The zero-order chi connectivity index (χ0) is 20.1. The third-order valence-electron chi connectivity index (χ3n) is 4.93. The Kier molecular flexibility index (Phi) is 6.13. The van der Waals surface area contributed by atoms with Gasteiger partial charge in [-0.05, 0) is 25.5 Å². The SMILES string of the molecule is CCOC(=O)COc1nccc2c1C(CC(N)=O)C(C)N2Cc1ccccc1. The molecule has 0 fully saturated rings. The third kappa shape index (κ3) is 4.24. The summed E-state index contributed by atoms with van der Waals surface area (Å²) in [5, 5.41) is 0. The topological polar surface area (TPSA) is 94.7 Å². The highest BCUT2D eigenvalue weighted by atomic mass is 16.6. The van der Waals surface area contributed by atoms with Crippen LogP contribution in [0.15, 0.2) is 42.6 Å². The number of hydrogen-bond acceptors (Lipinski definition) is 6. The largest absolute Gasteiger partial charge is 0.465 e. The van der Waals surface area contributed by atoms with Crippen LogP contribution in [0, 0.1) is 0 Å². The Morgan fingerprint density at radius 1 is 1.21 bits per heavy atom. The first-order valence-corrected chi connectivity index (χ1v) is 9.37. The summed E-state index contributed by atoms with van der Waals surface area (Å²) in [6.07, 6.45) is 1.83. The van der Waals surface area contributed by atoms with Crippen molar-refractivity contribution in [3.05, 3.63) is 53.7 Å². The van der Waals surface area contributed by atoms with Crippen LogP contribution in [0.4, 0.5) is 5.69 Å². The first-order valence-electron chi connectivity index (χ1n) is 9.37. The summed E-state index contributed by atoms with van der Waals surface area (Å²) in [7, 11) is 0. The molecule has 0 spiro atoms. The van der Waals surface area contributed by atoms with E-state index in [1.54, 1.807) is 13.1 Å². The molecule has 1 aromatic heterocycles. The molecule has 0 bridgehead atoms. The fraction of sp³-hybridized carbons (Fsp3) is 0.381. The molecule has 1 aromatic carbocycles. The van der Waals surface area contributed by atoms with Gasteiger partial charge in [0.25, 0.3) is 0 Å². The average molecular weight is 383 g/mol. The fourth-order valence-corrected chi connectivity index (χ4v) is 3.66. The summed E-state index contributed by atoms with van der Waals surface area (Å²) in [6.45, 7) is 4.54. The standard InChI is InChI=1S/C21H25N3O4/c1-3-27-19(26)13-28-21-20-16(11-18(22)25)14(2)24(17(20)9-10-23-21)12-15-7-5-4-6-8-15/h4-10,14,16H,3,11-13H2,1-2H3,(H2,22,25). The van der Waals surface area contributed by atoms with E-state index < -0.39 is 5.97 Å². The van der Waals surface area contributed by atoms with Gasteiger partial charge >= 0.3 is 5.97 Å². The molecule has 2 atom stereocenters. The minimum absolute atomic E-state index is 0.0249. The number of aromatic nitrogens is 1. The highest BCUT2D eigenvalue weighted by Gasteiger charge is 2.39. The smallest absolute Gasteiger partial charge is 0.344 e. The highest BCUT2D eigenvalue weighted by Crippen LogP contribution is 2.47. The lowest BCUT2D eigenvalue weighted by Gasteiger charge is -2.27. The van der Waals surface area contributed by atoms with E-state index in [4.69, 9.17) is 15.2 Å². The number of pyridine rings is 1. The van der Waals surface area contributed by atoms with Gasteiger partial charge in [0.2, 0.25) is 11.8 Å². The lowest BCUT2D eigenvalue weighted by atomic mass is 9.93. The summed E-state index contributed by atoms with van der Waals surface area (Å²) in [5.74, 6) is -0.661. The normalized spacial score (nSPS) is 17.9. The summed E-state index contributed by atoms with van der Waals surface area (Å²) in [6, 6.07) is 12.0. The van der Waals surface area contributed by atoms with Crippen molar-refractivity contribution in [1.82, 2.24) is 4.98 Å². The number of primary amides is 1. The first-order chi connectivity index (χ1) is 13.5. The number of amides is 1. The molecule has 0 saturated carbocycles. The molecule has 2 heterocycles. The van der Waals surface area contributed by atoms with E-state index in [9.17, 15) is 9.59 Å². The Hall–Kier alpha value is -3.09. The van der Waals surface area contributed by atoms with Crippen molar-refractivity contribution < 1.29 is 19.1 Å². The third-order valence-corrected chi connectivity index (χ3v) is 4.93. The molecule has 2 N–H and O–H groups in total. The molecule has 2 aromatic rings. The van der Waals surface area contributed by atoms with Gasteiger partial charge in [-0.15, -0.1) is 0 Å². The zero-order valence-corrected chi connectivity index (χ0v) is 16.1. The maximum Gasteiger partial charge on any atom is 0.344 e. The quantitative estimate of drug-likeness (QED) is 0.704. The molecule has 148 valence electrons. The summed E-state index contributed by atoms with van der Waals surface area (Å²) >= 11 is 0. The van der Waals surface area contributed by atoms with Gasteiger partial charge in [-0.1, -0.05) is 30.3 Å². The van der Waals surface area contributed by atoms with Gasteiger partial charge in [0.1, 0.15) is 0 Å². The van der Waals surface area contributed by atoms with Crippen molar-refractivity contribution in [2.45, 2.75) is 38.8 Å². The molecule has 2 unspecified atom stereocenters. The number of esters is 1. The minimum Gasteiger partial charge on any atom is -0.465 e. The molecule has 0 radical (unpaired) electrons. The van der Waals surface area contributed by atoms with E-state index >= 15 is 0 Å². The summed E-state index contributed by atoms with van der Waals surface area (Å²) < 4.78 is 10.6. The van der Waals surface area contributed by atoms with Crippen LogP contribution in [-0.4, -0.2) is 36.1 Å². The number of carbonyl (C=O) groups is 2. The molecule has 0 aliphatic carbocycles. The Labute approximate surface area is 164 Å². The van der Waals surface area contributed by atoms with Crippen LogP contribution >= 0.6 is 0 Å². The number of anilines is 1. The Morgan fingerprint density at radius 2 is 1.96 bits per heavy atom. The fourth-order valence-electron chi connectivity index (χ4n) is 3.66. The number of hydrogen-bond donors (Lipinski definition) is 1. The van der Waals surface area contributed by atoms with Gasteiger partial charge in [-0.25, -0.2) is 9.78 Å². The number of nitrogens with zero attached hydrogens (tertiary/aromatic N) is 2. The van der Waals surface area contributed by atoms with Gasteiger partial charge in [-0.2, -0.15) is 0 Å². The molecule has 28 heavy (non-hydrogen) atoms. The number of benzene rings is 1. The molecular weight excluding hydrogens is 358 g/mol. The number of carbonyl (C=O) groups excluding carboxylic acids is 2. The van der Waals surface area contributed by atoms with Crippen LogP contribution in [0.5, 0.6) is 5.88 Å².